The summed E-state index contributed by atoms with van der Waals surface area (Å²) < 4.78 is 9.31. The van der Waals surface area contributed by atoms with Gasteiger partial charge in [-0.1, -0.05) is 0 Å². The zero-order chi connectivity index (χ0) is 4.83. The summed E-state index contributed by atoms with van der Waals surface area (Å²) in [6, 6.07) is 0. The molecule has 0 heterocycles. The maximum absolute atomic E-state index is 4.66. The second kappa shape index (κ2) is 9.92. The molecule has 0 amide bonds. The Morgan fingerprint density at radius 1 is 1.00 bits per heavy atom. The van der Waals surface area contributed by atoms with Crippen LogP contribution in [0.5, 0.6) is 0 Å². The van der Waals surface area contributed by atoms with E-state index in [2.05, 4.69) is 9.47 Å². The fourth-order valence-electron chi connectivity index (χ4n) is 0.167. The van der Waals surface area contributed by atoms with Gasteiger partial charge in [0.2, 0.25) is 0 Å². The fraction of sp³-hybridized carbons (Fsp3) is 1.00. The van der Waals surface area contributed by atoms with Crippen LogP contribution in [-0.4, -0.2) is 27.4 Å². The second-order valence-electron chi connectivity index (χ2n) is 0.986. The summed E-state index contributed by atoms with van der Waals surface area (Å²) in [7, 11) is 3.30. The summed E-state index contributed by atoms with van der Waals surface area (Å²) in [5.41, 5.74) is 0. The summed E-state index contributed by atoms with van der Waals surface area (Å²) in [6.07, 6.45) is 0. The van der Waals surface area contributed by atoms with Gasteiger partial charge in [-0.15, -0.1) is 0 Å². The minimum atomic E-state index is 0. The topological polar surface area (TPSA) is 18.5 Å². The van der Waals surface area contributed by atoms with Gasteiger partial charge in [0, 0.05) is 40.1 Å². The Hall–Kier alpha value is 0.790. The molecule has 0 aromatic heterocycles. The van der Waals surface area contributed by atoms with Crippen molar-refractivity contribution >= 4 is 0 Å². The molecule has 3 heteroatoms. The van der Waals surface area contributed by atoms with Crippen molar-refractivity contribution in [3.63, 3.8) is 0 Å². The van der Waals surface area contributed by atoms with E-state index in [0.717, 1.165) is 0 Å². The molecule has 41 valence electrons. The third-order valence-corrected chi connectivity index (χ3v) is 0.492. The van der Waals surface area contributed by atoms with Crippen molar-refractivity contribution in [3.8, 4) is 0 Å². The fourth-order valence-corrected chi connectivity index (χ4v) is 0.167. The Labute approximate surface area is 63.0 Å². The van der Waals surface area contributed by atoms with Crippen LogP contribution in [0.4, 0.5) is 0 Å². The van der Waals surface area contributed by atoms with E-state index in [0.29, 0.717) is 13.2 Å². The van der Waals surface area contributed by atoms with E-state index in [1.54, 1.807) is 14.2 Å². The SMILES string of the molecule is COCCOC.[Sc]. The number of ether oxygens (including phenoxy) is 2. The molecule has 0 N–H and O–H groups in total. The van der Waals surface area contributed by atoms with E-state index in [1.165, 1.54) is 0 Å². The summed E-state index contributed by atoms with van der Waals surface area (Å²) in [5.74, 6) is 0. The Morgan fingerprint density at radius 2 is 1.29 bits per heavy atom. The van der Waals surface area contributed by atoms with Gasteiger partial charge in [-0.3, -0.25) is 0 Å². The van der Waals surface area contributed by atoms with Crippen LogP contribution in [0, 0.1) is 0 Å². The Bertz CT molecular complexity index is 21.7. The molecular weight excluding hydrogens is 125 g/mol. The molecule has 0 aromatic rings. The summed E-state index contributed by atoms with van der Waals surface area (Å²) in [4.78, 5) is 0. The minimum absolute atomic E-state index is 0. The zero-order valence-electron chi connectivity index (χ0n) is 4.81. The zero-order valence-corrected chi connectivity index (χ0v) is 6.61. The van der Waals surface area contributed by atoms with E-state index >= 15 is 0 Å². The normalized spacial score (nSPS) is 7.71. The van der Waals surface area contributed by atoms with Gasteiger partial charge in [0.1, 0.15) is 0 Å². The van der Waals surface area contributed by atoms with Crippen molar-refractivity contribution in [2.75, 3.05) is 27.4 Å². The molecule has 0 fully saturated rings. The number of methoxy groups -OCH3 is 2. The van der Waals surface area contributed by atoms with Crippen molar-refractivity contribution in [2.24, 2.45) is 0 Å². The van der Waals surface area contributed by atoms with Crippen molar-refractivity contribution < 1.29 is 35.3 Å². The summed E-state index contributed by atoms with van der Waals surface area (Å²) in [6.45, 7) is 1.38. The van der Waals surface area contributed by atoms with E-state index in [9.17, 15) is 0 Å². The van der Waals surface area contributed by atoms with Gasteiger partial charge in [0.15, 0.2) is 0 Å². The molecule has 0 atom stereocenters. The van der Waals surface area contributed by atoms with Crippen molar-refractivity contribution in [1.29, 1.82) is 0 Å². The molecule has 0 saturated carbocycles. The predicted molar refractivity (Wildman–Crippen MR) is 23.8 cm³/mol. The maximum Gasteiger partial charge on any atom is 0.0696 e. The first kappa shape index (κ1) is 10.7. The van der Waals surface area contributed by atoms with Crippen molar-refractivity contribution in [1.82, 2.24) is 0 Å². The van der Waals surface area contributed by atoms with Gasteiger partial charge in [0.05, 0.1) is 13.2 Å². The Morgan fingerprint density at radius 3 is 1.43 bits per heavy atom. The van der Waals surface area contributed by atoms with Crippen LogP contribution in [0.3, 0.4) is 0 Å². The van der Waals surface area contributed by atoms with Gasteiger partial charge < -0.3 is 9.47 Å². The van der Waals surface area contributed by atoms with E-state index in [-0.39, 0.29) is 25.8 Å². The average Bonchev–Trinajstić information content (AvgIpc) is 1.61. The Kier molecular flexibility index (Phi) is 15.2. The van der Waals surface area contributed by atoms with Gasteiger partial charge in [-0.25, -0.2) is 0 Å². The largest absolute Gasteiger partial charge is 0.382 e. The van der Waals surface area contributed by atoms with Crippen LogP contribution >= 0.6 is 0 Å². The molecule has 0 aromatic carbocycles. The van der Waals surface area contributed by atoms with Crippen LogP contribution in [0.15, 0.2) is 0 Å². The quantitative estimate of drug-likeness (QED) is 0.517. The summed E-state index contributed by atoms with van der Waals surface area (Å²) in [5, 5.41) is 0. The van der Waals surface area contributed by atoms with Crippen molar-refractivity contribution in [3.05, 3.63) is 0 Å². The first-order valence-corrected chi connectivity index (χ1v) is 1.89. The molecule has 2 nitrogen and oxygen atoms in total. The second-order valence-corrected chi connectivity index (χ2v) is 0.986. The molecule has 0 aliphatic carbocycles. The van der Waals surface area contributed by atoms with Gasteiger partial charge in [-0.05, 0) is 0 Å². The van der Waals surface area contributed by atoms with Gasteiger partial charge in [0.25, 0.3) is 0 Å². The monoisotopic (exact) mass is 135 g/mol. The Balaban J connectivity index is 0. The third-order valence-electron chi connectivity index (χ3n) is 0.492. The molecule has 0 aliphatic rings. The molecule has 1 radical (unpaired) electrons. The standard InChI is InChI=1S/C4H10O2.Sc/c1-5-3-4-6-2;/h3-4H2,1-2H3;. The summed E-state index contributed by atoms with van der Waals surface area (Å²) >= 11 is 0. The smallest absolute Gasteiger partial charge is 0.0696 e. The van der Waals surface area contributed by atoms with Gasteiger partial charge >= 0.3 is 0 Å². The molecule has 0 aliphatic heterocycles. The number of hydrogen-bond acceptors (Lipinski definition) is 2. The van der Waals surface area contributed by atoms with E-state index in [4.69, 9.17) is 0 Å². The van der Waals surface area contributed by atoms with Crippen molar-refractivity contribution in [2.45, 2.75) is 0 Å². The molecule has 0 rings (SSSR count). The van der Waals surface area contributed by atoms with Crippen LogP contribution in [0.2, 0.25) is 0 Å². The van der Waals surface area contributed by atoms with Crippen LogP contribution in [0.1, 0.15) is 0 Å². The van der Waals surface area contributed by atoms with Gasteiger partial charge in [-0.2, -0.15) is 0 Å². The van der Waals surface area contributed by atoms with Crippen LogP contribution in [-0.2, 0) is 35.3 Å². The minimum Gasteiger partial charge on any atom is -0.382 e. The molecule has 0 spiro atoms. The average molecular weight is 135 g/mol. The molecular formula is C4H10O2Sc. The molecule has 0 bridgehead atoms. The third kappa shape index (κ3) is 10.8. The van der Waals surface area contributed by atoms with Crippen LogP contribution in [0.25, 0.3) is 0 Å². The molecule has 0 saturated heterocycles. The van der Waals surface area contributed by atoms with E-state index < -0.39 is 0 Å². The number of rotatable bonds is 3. The predicted octanol–water partition coefficient (Wildman–Crippen LogP) is 0.277. The maximum atomic E-state index is 4.66. The van der Waals surface area contributed by atoms with E-state index in [1.807, 2.05) is 0 Å². The first-order chi connectivity index (χ1) is 2.91. The molecule has 7 heavy (non-hydrogen) atoms. The van der Waals surface area contributed by atoms with Crippen LogP contribution < -0.4 is 0 Å². The first-order valence-electron chi connectivity index (χ1n) is 1.89. The molecule has 0 unspecified atom stereocenters. The number of hydrogen-bond donors (Lipinski definition) is 0.